The number of ether oxygens (including phenoxy) is 1. The molecule has 0 radical (unpaired) electrons. The quantitative estimate of drug-likeness (QED) is 0.546. The van der Waals surface area contributed by atoms with Gasteiger partial charge in [0, 0.05) is 38.1 Å². The Morgan fingerprint density at radius 3 is 2.79 bits per heavy atom. The van der Waals surface area contributed by atoms with Crippen molar-refractivity contribution in [1.29, 1.82) is 0 Å². The molecule has 0 aromatic heterocycles. The normalized spacial score (nSPS) is 20.2. The van der Waals surface area contributed by atoms with Gasteiger partial charge in [-0.05, 0) is 56.7 Å². The minimum absolute atomic E-state index is 0.266. The Bertz CT molecular complexity index is 713. The number of hydrogen-bond donors (Lipinski definition) is 2. The van der Waals surface area contributed by atoms with E-state index in [1.165, 1.54) is 18.4 Å². The van der Waals surface area contributed by atoms with E-state index in [0.717, 1.165) is 62.6 Å². The number of carbonyl (C=O) groups excluding carboxylic acids is 1. The van der Waals surface area contributed by atoms with Gasteiger partial charge in [0.25, 0.3) is 0 Å². The Hall–Kier alpha value is -2.24. The third-order valence-electron chi connectivity index (χ3n) is 6.03. The Morgan fingerprint density at radius 2 is 2.07 bits per heavy atom. The largest absolute Gasteiger partial charge is 0.496 e. The molecule has 1 saturated heterocycles. The molecule has 6 nitrogen and oxygen atoms in total. The summed E-state index contributed by atoms with van der Waals surface area (Å²) in [6.45, 7) is 7.30. The van der Waals surface area contributed by atoms with Crippen molar-refractivity contribution in [3.05, 3.63) is 29.3 Å². The molecule has 2 N–H and O–H groups in total. The number of nitrogens with one attached hydrogen (secondary N) is 2. The number of likely N-dealkylation sites (tertiary alicyclic amines) is 1. The van der Waals surface area contributed by atoms with Gasteiger partial charge in [0.05, 0.1) is 7.11 Å². The molecule has 0 bridgehead atoms. The van der Waals surface area contributed by atoms with Crippen LogP contribution in [0.4, 0.5) is 0 Å². The minimum Gasteiger partial charge on any atom is -0.496 e. The van der Waals surface area contributed by atoms with Crippen molar-refractivity contribution in [2.24, 2.45) is 10.9 Å². The summed E-state index contributed by atoms with van der Waals surface area (Å²) in [5, 5.41) is 6.87. The summed E-state index contributed by atoms with van der Waals surface area (Å²) in [5.74, 6) is 2.39. The fourth-order valence-electron chi connectivity index (χ4n) is 4.34. The van der Waals surface area contributed by atoms with Crippen LogP contribution in [-0.4, -0.2) is 56.1 Å². The lowest BCUT2D eigenvalue weighted by Crippen LogP contribution is -2.45. The van der Waals surface area contributed by atoms with Crippen molar-refractivity contribution < 1.29 is 9.53 Å². The number of aliphatic imine (C=N–C) groups is 1. The highest BCUT2D eigenvalue weighted by Gasteiger charge is 2.32. The Balaban J connectivity index is 1.51. The zero-order chi connectivity index (χ0) is 20.6. The fourth-order valence-corrected chi connectivity index (χ4v) is 4.34. The molecule has 2 fully saturated rings. The van der Waals surface area contributed by atoms with Crippen molar-refractivity contribution in [2.45, 2.75) is 58.4 Å². The highest BCUT2D eigenvalue weighted by Crippen LogP contribution is 2.27. The molecule has 6 heteroatoms. The summed E-state index contributed by atoms with van der Waals surface area (Å²) >= 11 is 0. The van der Waals surface area contributed by atoms with Crippen LogP contribution in [0, 0.1) is 12.8 Å². The van der Waals surface area contributed by atoms with E-state index in [9.17, 15) is 4.79 Å². The number of rotatable bonds is 7. The van der Waals surface area contributed by atoms with Crippen molar-refractivity contribution >= 4 is 11.9 Å². The Kier molecular flexibility index (Phi) is 7.78. The summed E-state index contributed by atoms with van der Waals surface area (Å²) in [5.41, 5.74) is 2.37. The molecule has 1 aromatic carbocycles. The molecule has 1 aliphatic heterocycles. The standard InChI is InChI=1S/C23H36N4O2/c1-4-24-23(25-13-11-18-10-9-17(2)21(15-18)29-3)26-20-12-14-27(16-20)22(28)19-7-5-6-8-19/h9-10,15,19-20H,4-8,11-14,16H2,1-3H3,(H2,24,25,26). The van der Waals surface area contributed by atoms with Crippen LogP contribution in [0.1, 0.15) is 50.2 Å². The second kappa shape index (κ2) is 10.5. The maximum absolute atomic E-state index is 12.7. The van der Waals surface area contributed by atoms with Gasteiger partial charge in [-0.25, -0.2) is 0 Å². The van der Waals surface area contributed by atoms with Crippen molar-refractivity contribution in [3.63, 3.8) is 0 Å². The average molecular weight is 401 g/mol. The summed E-state index contributed by atoms with van der Waals surface area (Å²) in [6.07, 6.45) is 6.40. The van der Waals surface area contributed by atoms with Gasteiger partial charge in [-0.2, -0.15) is 0 Å². The summed E-state index contributed by atoms with van der Waals surface area (Å²) in [4.78, 5) is 19.5. The summed E-state index contributed by atoms with van der Waals surface area (Å²) in [6, 6.07) is 6.60. The molecular formula is C23H36N4O2. The number of amides is 1. The van der Waals surface area contributed by atoms with Crippen LogP contribution in [0.5, 0.6) is 5.75 Å². The van der Waals surface area contributed by atoms with Crippen molar-refractivity contribution in [3.8, 4) is 5.75 Å². The Morgan fingerprint density at radius 1 is 1.28 bits per heavy atom. The molecule has 29 heavy (non-hydrogen) atoms. The van der Waals surface area contributed by atoms with E-state index in [-0.39, 0.29) is 12.0 Å². The molecule has 1 atom stereocenters. The van der Waals surface area contributed by atoms with Gasteiger partial charge in [0.15, 0.2) is 5.96 Å². The lowest BCUT2D eigenvalue weighted by molar-refractivity contribution is -0.134. The van der Waals surface area contributed by atoms with Gasteiger partial charge in [-0.15, -0.1) is 0 Å². The van der Waals surface area contributed by atoms with Gasteiger partial charge in [0.2, 0.25) is 5.91 Å². The van der Waals surface area contributed by atoms with E-state index in [1.54, 1.807) is 7.11 Å². The highest BCUT2D eigenvalue weighted by atomic mass is 16.5. The van der Waals surface area contributed by atoms with Gasteiger partial charge < -0.3 is 20.3 Å². The zero-order valence-corrected chi connectivity index (χ0v) is 18.2. The second-order valence-corrected chi connectivity index (χ2v) is 8.21. The highest BCUT2D eigenvalue weighted by molar-refractivity contribution is 5.81. The summed E-state index contributed by atoms with van der Waals surface area (Å²) in [7, 11) is 1.71. The van der Waals surface area contributed by atoms with Crippen molar-refractivity contribution in [1.82, 2.24) is 15.5 Å². The van der Waals surface area contributed by atoms with E-state index >= 15 is 0 Å². The first-order chi connectivity index (χ1) is 14.1. The van der Waals surface area contributed by atoms with E-state index in [0.29, 0.717) is 12.5 Å². The molecule has 0 spiro atoms. The van der Waals surface area contributed by atoms with Crippen LogP contribution in [0.25, 0.3) is 0 Å². The lowest BCUT2D eigenvalue weighted by atomic mass is 10.1. The third-order valence-corrected chi connectivity index (χ3v) is 6.03. The predicted octanol–water partition coefficient (Wildman–Crippen LogP) is 2.89. The van der Waals surface area contributed by atoms with E-state index in [1.807, 2.05) is 0 Å². The molecule has 1 amide bonds. The molecule has 1 unspecified atom stereocenters. The van der Waals surface area contributed by atoms with Crippen LogP contribution < -0.4 is 15.4 Å². The number of benzene rings is 1. The number of hydrogen-bond acceptors (Lipinski definition) is 3. The number of nitrogens with zero attached hydrogens (tertiary/aromatic N) is 2. The first-order valence-corrected chi connectivity index (χ1v) is 11.1. The zero-order valence-electron chi connectivity index (χ0n) is 18.2. The first kappa shape index (κ1) is 21.5. The molecule has 1 heterocycles. The van der Waals surface area contributed by atoms with Gasteiger partial charge in [0.1, 0.15) is 5.75 Å². The molecule has 1 aliphatic carbocycles. The molecular weight excluding hydrogens is 364 g/mol. The summed E-state index contributed by atoms with van der Waals surface area (Å²) < 4.78 is 5.41. The van der Waals surface area contributed by atoms with Crippen LogP contribution in [-0.2, 0) is 11.2 Å². The smallest absolute Gasteiger partial charge is 0.225 e. The van der Waals surface area contributed by atoms with E-state index in [4.69, 9.17) is 9.73 Å². The minimum atomic E-state index is 0.266. The van der Waals surface area contributed by atoms with Crippen LogP contribution >= 0.6 is 0 Å². The SMILES string of the molecule is CCNC(=NCCc1ccc(C)c(OC)c1)NC1CCN(C(=O)C2CCCC2)C1. The second-order valence-electron chi connectivity index (χ2n) is 8.21. The number of aryl methyl sites for hydroxylation is 1. The average Bonchev–Trinajstić information content (AvgIpc) is 3.41. The van der Waals surface area contributed by atoms with Crippen molar-refractivity contribution in [2.75, 3.05) is 33.3 Å². The maximum Gasteiger partial charge on any atom is 0.225 e. The molecule has 1 saturated carbocycles. The topological polar surface area (TPSA) is 66.0 Å². The monoisotopic (exact) mass is 400 g/mol. The molecule has 1 aromatic rings. The van der Waals surface area contributed by atoms with Crippen LogP contribution in [0.3, 0.4) is 0 Å². The number of carbonyl (C=O) groups is 1. The van der Waals surface area contributed by atoms with E-state index < -0.39 is 0 Å². The van der Waals surface area contributed by atoms with Crippen LogP contribution in [0.15, 0.2) is 23.2 Å². The van der Waals surface area contributed by atoms with Crippen LogP contribution in [0.2, 0.25) is 0 Å². The fraction of sp³-hybridized carbons (Fsp3) is 0.652. The van der Waals surface area contributed by atoms with Gasteiger partial charge >= 0.3 is 0 Å². The lowest BCUT2D eigenvalue weighted by Gasteiger charge is -2.21. The number of methoxy groups -OCH3 is 1. The Labute approximate surface area is 175 Å². The van der Waals surface area contributed by atoms with E-state index in [2.05, 4.69) is 47.6 Å². The molecule has 3 rings (SSSR count). The van der Waals surface area contributed by atoms with Gasteiger partial charge in [-0.1, -0.05) is 25.0 Å². The number of guanidine groups is 1. The third kappa shape index (κ3) is 5.87. The predicted molar refractivity (Wildman–Crippen MR) is 117 cm³/mol. The molecule has 160 valence electrons. The maximum atomic E-state index is 12.7. The van der Waals surface area contributed by atoms with Gasteiger partial charge in [-0.3, -0.25) is 9.79 Å². The first-order valence-electron chi connectivity index (χ1n) is 11.1. The molecule has 2 aliphatic rings.